The van der Waals surface area contributed by atoms with Gasteiger partial charge in [-0.05, 0) is 26.2 Å². The maximum absolute atomic E-state index is 5.77. The molecule has 0 radical (unpaired) electrons. The Morgan fingerprint density at radius 3 is 2.53 bits per heavy atom. The van der Waals surface area contributed by atoms with Gasteiger partial charge in [0.2, 0.25) is 0 Å². The Balaban J connectivity index is 3.46. The van der Waals surface area contributed by atoms with Crippen molar-refractivity contribution >= 4 is 11.6 Å². The van der Waals surface area contributed by atoms with Gasteiger partial charge in [0.15, 0.2) is 0 Å². The van der Waals surface area contributed by atoms with E-state index in [-0.39, 0.29) is 5.54 Å². The molecule has 0 saturated heterocycles. The van der Waals surface area contributed by atoms with E-state index in [1.807, 2.05) is 0 Å². The molecular formula is C12H26ClNO. The first-order chi connectivity index (χ1) is 7.18. The zero-order valence-electron chi connectivity index (χ0n) is 10.4. The molecule has 0 rings (SSSR count). The highest BCUT2D eigenvalue weighted by molar-refractivity contribution is 6.17. The van der Waals surface area contributed by atoms with Crippen molar-refractivity contribution in [3.8, 4) is 0 Å². The molecule has 0 fully saturated rings. The van der Waals surface area contributed by atoms with Gasteiger partial charge >= 0.3 is 0 Å². The van der Waals surface area contributed by atoms with Crippen LogP contribution in [0.25, 0.3) is 0 Å². The molecule has 0 aliphatic carbocycles. The van der Waals surface area contributed by atoms with Gasteiger partial charge in [-0.15, -0.1) is 11.6 Å². The minimum Gasteiger partial charge on any atom is -0.380 e. The van der Waals surface area contributed by atoms with Crippen molar-refractivity contribution in [3.05, 3.63) is 0 Å². The summed E-state index contributed by atoms with van der Waals surface area (Å²) in [5, 5.41) is 3.51. The molecule has 0 aliphatic heterocycles. The van der Waals surface area contributed by atoms with Crippen LogP contribution in [0.4, 0.5) is 0 Å². The Bertz CT molecular complexity index is 144. The van der Waals surface area contributed by atoms with Gasteiger partial charge < -0.3 is 10.1 Å². The van der Waals surface area contributed by atoms with E-state index in [1.165, 1.54) is 6.42 Å². The number of ether oxygens (including phenoxy) is 1. The van der Waals surface area contributed by atoms with Crippen LogP contribution in [0.15, 0.2) is 0 Å². The summed E-state index contributed by atoms with van der Waals surface area (Å²) in [4.78, 5) is 0. The Morgan fingerprint density at radius 2 is 2.00 bits per heavy atom. The van der Waals surface area contributed by atoms with E-state index in [2.05, 4.69) is 26.1 Å². The maximum Gasteiger partial charge on any atom is 0.0591 e. The predicted molar refractivity (Wildman–Crippen MR) is 67.8 cm³/mol. The van der Waals surface area contributed by atoms with E-state index in [9.17, 15) is 0 Å². The molecule has 2 nitrogen and oxygen atoms in total. The molecule has 0 aliphatic rings. The molecule has 0 bridgehead atoms. The summed E-state index contributed by atoms with van der Waals surface area (Å²) in [7, 11) is 0. The monoisotopic (exact) mass is 235 g/mol. The Kier molecular flexibility index (Phi) is 9.57. The van der Waals surface area contributed by atoms with Crippen LogP contribution >= 0.6 is 11.6 Å². The molecule has 0 heterocycles. The van der Waals surface area contributed by atoms with Crippen molar-refractivity contribution in [2.24, 2.45) is 0 Å². The lowest BCUT2D eigenvalue weighted by atomic mass is 9.95. The first kappa shape index (κ1) is 15.2. The summed E-state index contributed by atoms with van der Waals surface area (Å²) >= 11 is 5.77. The van der Waals surface area contributed by atoms with E-state index in [4.69, 9.17) is 16.3 Å². The van der Waals surface area contributed by atoms with Crippen LogP contribution in [0.1, 0.15) is 46.5 Å². The number of hydrogen-bond acceptors (Lipinski definition) is 2. The molecule has 3 heteroatoms. The molecule has 0 aromatic heterocycles. The first-order valence-corrected chi connectivity index (χ1v) is 6.60. The second kappa shape index (κ2) is 9.44. The normalized spacial score (nSPS) is 15.2. The van der Waals surface area contributed by atoms with Crippen molar-refractivity contribution in [2.45, 2.75) is 52.0 Å². The van der Waals surface area contributed by atoms with Crippen LogP contribution in [0.5, 0.6) is 0 Å². The summed E-state index contributed by atoms with van der Waals surface area (Å²) < 4.78 is 5.50. The predicted octanol–water partition coefficient (Wildman–Crippen LogP) is 3.19. The summed E-state index contributed by atoms with van der Waals surface area (Å²) in [6, 6.07) is 0. The van der Waals surface area contributed by atoms with Gasteiger partial charge in [0.25, 0.3) is 0 Å². The van der Waals surface area contributed by atoms with Gasteiger partial charge in [-0.3, -0.25) is 0 Å². The Morgan fingerprint density at radius 1 is 1.27 bits per heavy atom. The van der Waals surface area contributed by atoms with Gasteiger partial charge in [-0.1, -0.05) is 20.3 Å². The molecule has 0 spiro atoms. The van der Waals surface area contributed by atoms with Crippen molar-refractivity contribution in [1.29, 1.82) is 0 Å². The molecular weight excluding hydrogens is 210 g/mol. The lowest BCUT2D eigenvalue weighted by Crippen LogP contribution is -2.43. The molecule has 92 valence electrons. The zero-order valence-corrected chi connectivity index (χ0v) is 11.2. The highest BCUT2D eigenvalue weighted by Gasteiger charge is 2.19. The maximum atomic E-state index is 5.77. The highest BCUT2D eigenvalue weighted by Crippen LogP contribution is 2.14. The molecule has 0 amide bonds. The van der Waals surface area contributed by atoms with Crippen LogP contribution in [0, 0.1) is 0 Å². The number of unbranched alkanes of at least 4 members (excludes halogenated alkanes) is 1. The van der Waals surface area contributed by atoms with Crippen molar-refractivity contribution in [2.75, 3.05) is 25.6 Å². The van der Waals surface area contributed by atoms with Gasteiger partial charge in [0, 0.05) is 24.6 Å². The number of halogens is 1. The van der Waals surface area contributed by atoms with Crippen molar-refractivity contribution in [3.63, 3.8) is 0 Å². The molecule has 1 N–H and O–H groups in total. The Hall–Kier alpha value is 0.210. The van der Waals surface area contributed by atoms with E-state index >= 15 is 0 Å². The van der Waals surface area contributed by atoms with Gasteiger partial charge in [-0.25, -0.2) is 0 Å². The largest absolute Gasteiger partial charge is 0.380 e. The zero-order chi connectivity index (χ0) is 11.6. The minimum atomic E-state index is 0.176. The molecule has 1 unspecified atom stereocenters. The molecule has 0 aromatic carbocycles. The quantitative estimate of drug-likeness (QED) is 0.464. The van der Waals surface area contributed by atoms with Crippen LogP contribution in [-0.2, 0) is 4.74 Å². The summed E-state index contributed by atoms with van der Waals surface area (Å²) in [6.07, 6.45) is 4.48. The van der Waals surface area contributed by atoms with E-state index in [0.29, 0.717) is 5.88 Å². The van der Waals surface area contributed by atoms with E-state index < -0.39 is 0 Å². The van der Waals surface area contributed by atoms with Crippen LogP contribution in [0.2, 0.25) is 0 Å². The SMILES string of the molecule is CCCCOCCNC(C)(CC)CCCl. The van der Waals surface area contributed by atoms with E-state index in [0.717, 1.165) is 39.0 Å². The van der Waals surface area contributed by atoms with Gasteiger partial charge in [-0.2, -0.15) is 0 Å². The number of rotatable bonds is 10. The smallest absolute Gasteiger partial charge is 0.0591 e. The second-order valence-corrected chi connectivity index (χ2v) is 4.62. The van der Waals surface area contributed by atoms with Gasteiger partial charge in [0.1, 0.15) is 0 Å². The molecule has 0 aromatic rings. The lowest BCUT2D eigenvalue weighted by Gasteiger charge is -2.29. The molecule has 1 atom stereocenters. The third-order valence-electron chi connectivity index (χ3n) is 2.87. The number of hydrogen-bond donors (Lipinski definition) is 1. The van der Waals surface area contributed by atoms with E-state index in [1.54, 1.807) is 0 Å². The lowest BCUT2D eigenvalue weighted by molar-refractivity contribution is 0.125. The fourth-order valence-corrected chi connectivity index (χ4v) is 1.79. The van der Waals surface area contributed by atoms with Crippen LogP contribution in [0.3, 0.4) is 0 Å². The average molecular weight is 236 g/mol. The summed E-state index contributed by atoms with van der Waals surface area (Å²) in [5.74, 6) is 0.716. The number of nitrogens with one attached hydrogen (secondary N) is 1. The van der Waals surface area contributed by atoms with Crippen molar-refractivity contribution < 1.29 is 4.74 Å². The summed E-state index contributed by atoms with van der Waals surface area (Å²) in [6.45, 7) is 9.20. The average Bonchev–Trinajstić information content (AvgIpc) is 2.24. The fourth-order valence-electron chi connectivity index (χ4n) is 1.37. The van der Waals surface area contributed by atoms with Crippen LogP contribution < -0.4 is 5.32 Å². The number of alkyl halides is 1. The third kappa shape index (κ3) is 8.06. The molecule has 0 saturated carbocycles. The third-order valence-corrected chi connectivity index (χ3v) is 3.06. The fraction of sp³-hybridized carbons (Fsp3) is 1.00. The highest BCUT2D eigenvalue weighted by atomic mass is 35.5. The topological polar surface area (TPSA) is 21.3 Å². The van der Waals surface area contributed by atoms with Crippen LogP contribution in [-0.4, -0.2) is 31.2 Å². The Labute approximate surface area is 99.7 Å². The second-order valence-electron chi connectivity index (χ2n) is 4.25. The van der Waals surface area contributed by atoms with Crippen molar-refractivity contribution in [1.82, 2.24) is 5.32 Å². The molecule has 15 heavy (non-hydrogen) atoms. The van der Waals surface area contributed by atoms with Gasteiger partial charge in [0.05, 0.1) is 6.61 Å². The first-order valence-electron chi connectivity index (χ1n) is 6.07. The standard InChI is InChI=1S/C12H26ClNO/c1-4-6-10-15-11-9-14-12(3,5-2)7-8-13/h14H,4-11H2,1-3H3. The minimum absolute atomic E-state index is 0.176. The summed E-state index contributed by atoms with van der Waals surface area (Å²) in [5.41, 5.74) is 0.176.